The van der Waals surface area contributed by atoms with E-state index in [-0.39, 0.29) is 18.1 Å². The van der Waals surface area contributed by atoms with Crippen molar-refractivity contribution in [3.63, 3.8) is 0 Å². The highest BCUT2D eigenvalue weighted by Crippen LogP contribution is 2.30. The van der Waals surface area contributed by atoms with Crippen molar-refractivity contribution in [2.24, 2.45) is 0 Å². The Bertz CT molecular complexity index is 812. The van der Waals surface area contributed by atoms with Crippen LogP contribution < -0.4 is 14.8 Å². The standard InChI is InChI=1S/C18H17BrN2O5/c19-14-8-13(9-20-10-14)18(23)26-11-17(22)21-4-3-12-1-2-15-16(7-12)25-6-5-24-15/h1-2,7-10H,3-6,11H2,(H,21,22). The second kappa shape index (κ2) is 8.66. The van der Waals surface area contributed by atoms with Crippen molar-refractivity contribution in [1.29, 1.82) is 0 Å². The lowest BCUT2D eigenvalue weighted by atomic mass is 10.1. The van der Waals surface area contributed by atoms with Gasteiger partial charge in [0.25, 0.3) is 5.91 Å². The van der Waals surface area contributed by atoms with Gasteiger partial charge in [0.1, 0.15) is 13.2 Å². The largest absolute Gasteiger partial charge is 0.486 e. The Kier molecular flexibility index (Phi) is 6.06. The van der Waals surface area contributed by atoms with Gasteiger partial charge in [0, 0.05) is 23.4 Å². The Labute approximate surface area is 158 Å². The molecule has 7 nitrogen and oxygen atoms in total. The SMILES string of the molecule is O=C(COC(=O)c1cncc(Br)c1)NCCc1ccc2c(c1)OCCO2. The Morgan fingerprint density at radius 3 is 2.77 bits per heavy atom. The fourth-order valence-corrected chi connectivity index (χ4v) is 2.74. The first-order valence-corrected chi connectivity index (χ1v) is 8.84. The summed E-state index contributed by atoms with van der Waals surface area (Å²) in [5.41, 5.74) is 1.30. The number of nitrogens with one attached hydrogen (secondary N) is 1. The Balaban J connectivity index is 1.41. The fourth-order valence-electron chi connectivity index (χ4n) is 2.38. The Morgan fingerprint density at radius 1 is 1.15 bits per heavy atom. The molecule has 2 heterocycles. The number of carbonyl (C=O) groups excluding carboxylic acids is 2. The molecule has 0 saturated heterocycles. The summed E-state index contributed by atoms with van der Waals surface area (Å²) in [6.07, 6.45) is 3.57. The number of aromatic nitrogens is 1. The van der Waals surface area contributed by atoms with Crippen LogP contribution in [0, 0.1) is 0 Å². The second-order valence-electron chi connectivity index (χ2n) is 5.55. The molecule has 0 fully saturated rings. The summed E-state index contributed by atoms with van der Waals surface area (Å²) < 4.78 is 16.6. The highest BCUT2D eigenvalue weighted by molar-refractivity contribution is 9.10. The lowest BCUT2D eigenvalue weighted by Crippen LogP contribution is -2.30. The van der Waals surface area contributed by atoms with Crippen LogP contribution in [0.15, 0.2) is 41.1 Å². The average Bonchev–Trinajstić information content (AvgIpc) is 2.66. The van der Waals surface area contributed by atoms with E-state index in [4.69, 9.17) is 14.2 Å². The lowest BCUT2D eigenvalue weighted by Gasteiger charge is -2.18. The normalized spacial score (nSPS) is 12.3. The maximum Gasteiger partial charge on any atom is 0.340 e. The second-order valence-corrected chi connectivity index (χ2v) is 6.46. The van der Waals surface area contributed by atoms with Gasteiger partial charge in [-0.05, 0) is 46.1 Å². The zero-order valence-electron chi connectivity index (χ0n) is 13.9. The molecule has 1 aromatic heterocycles. The lowest BCUT2D eigenvalue weighted by molar-refractivity contribution is -0.124. The minimum atomic E-state index is -0.596. The summed E-state index contributed by atoms with van der Waals surface area (Å²) in [5.74, 6) is 0.495. The third-order valence-corrected chi connectivity index (χ3v) is 4.05. The summed E-state index contributed by atoms with van der Waals surface area (Å²) in [4.78, 5) is 27.5. The van der Waals surface area contributed by atoms with Crippen molar-refractivity contribution < 1.29 is 23.8 Å². The Morgan fingerprint density at radius 2 is 1.96 bits per heavy atom. The first kappa shape index (κ1) is 18.2. The first-order chi connectivity index (χ1) is 12.6. The van der Waals surface area contributed by atoms with E-state index in [1.807, 2.05) is 18.2 Å². The number of rotatable bonds is 6. The number of hydrogen-bond acceptors (Lipinski definition) is 6. The molecule has 2 aromatic rings. The van der Waals surface area contributed by atoms with E-state index in [0.29, 0.717) is 30.7 Å². The highest BCUT2D eigenvalue weighted by Gasteiger charge is 2.13. The molecule has 0 radical (unpaired) electrons. The van der Waals surface area contributed by atoms with Gasteiger partial charge in [-0.3, -0.25) is 9.78 Å². The number of pyridine rings is 1. The van der Waals surface area contributed by atoms with Gasteiger partial charge in [-0.2, -0.15) is 0 Å². The molecule has 1 N–H and O–H groups in total. The zero-order chi connectivity index (χ0) is 18.4. The van der Waals surface area contributed by atoms with Gasteiger partial charge in [-0.15, -0.1) is 0 Å². The average molecular weight is 421 g/mol. The topological polar surface area (TPSA) is 86.8 Å². The van der Waals surface area contributed by atoms with E-state index >= 15 is 0 Å². The molecule has 8 heteroatoms. The number of hydrogen-bond donors (Lipinski definition) is 1. The summed E-state index contributed by atoms with van der Waals surface area (Å²) >= 11 is 3.22. The maximum atomic E-state index is 11.8. The zero-order valence-corrected chi connectivity index (χ0v) is 15.5. The van der Waals surface area contributed by atoms with Crippen molar-refractivity contribution in [3.8, 4) is 11.5 Å². The number of carbonyl (C=O) groups is 2. The minimum absolute atomic E-state index is 0.281. The van der Waals surface area contributed by atoms with Gasteiger partial charge >= 0.3 is 5.97 Å². The summed E-state index contributed by atoms with van der Waals surface area (Å²) in [5, 5.41) is 2.72. The number of benzene rings is 1. The summed E-state index contributed by atoms with van der Waals surface area (Å²) in [6, 6.07) is 7.27. The van der Waals surface area contributed by atoms with Crippen molar-refractivity contribution in [2.75, 3.05) is 26.4 Å². The molecule has 0 atom stereocenters. The van der Waals surface area contributed by atoms with Gasteiger partial charge in [0.15, 0.2) is 18.1 Å². The first-order valence-electron chi connectivity index (χ1n) is 8.05. The van der Waals surface area contributed by atoms with E-state index in [1.54, 1.807) is 12.3 Å². The van der Waals surface area contributed by atoms with E-state index in [9.17, 15) is 9.59 Å². The minimum Gasteiger partial charge on any atom is -0.486 e. The van der Waals surface area contributed by atoms with Crippen LogP contribution in [0.2, 0.25) is 0 Å². The molecule has 0 spiro atoms. The smallest absolute Gasteiger partial charge is 0.340 e. The highest BCUT2D eigenvalue weighted by atomic mass is 79.9. The molecular formula is C18H17BrN2O5. The van der Waals surface area contributed by atoms with Crippen LogP contribution in [0.25, 0.3) is 0 Å². The third kappa shape index (κ3) is 4.95. The van der Waals surface area contributed by atoms with E-state index < -0.39 is 5.97 Å². The van der Waals surface area contributed by atoms with Gasteiger partial charge < -0.3 is 19.5 Å². The molecule has 1 aliphatic heterocycles. The maximum absolute atomic E-state index is 11.8. The molecule has 1 amide bonds. The third-order valence-electron chi connectivity index (χ3n) is 3.62. The van der Waals surface area contributed by atoms with Crippen molar-refractivity contribution >= 4 is 27.8 Å². The molecular weight excluding hydrogens is 404 g/mol. The molecule has 0 bridgehead atoms. The van der Waals surface area contributed by atoms with Crippen LogP contribution in [-0.4, -0.2) is 43.2 Å². The molecule has 3 rings (SSSR count). The molecule has 0 aliphatic carbocycles. The number of ether oxygens (including phenoxy) is 3. The van der Waals surface area contributed by atoms with Crippen LogP contribution in [0.3, 0.4) is 0 Å². The van der Waals surface area contributed by atoms with Crippen molar-refractivity contribution in [1.82, 2.24) is 10.3 Å². The molecule has 0 unspecified atom stereocenters. The van der Waals surface area contributed by atoms with E-state index in [0.717, 1.165) is 17.1 Å². The van der Waals surface area contributed by atoms with E-state index in [2.05, 4.69) is 26.2 Å². The van der Waals surface area contributed by atoms with Crippen LogP contribution in [0.5, 0.6) is 11.5 Å². The fraction of sp³-hybridized carbons (Fsp3) is 0.278. The summed E-state index contributed by atoms with van der Waals surface area (Å²) in [7, 11) is 0. The predicted molar refractivity (Wildman–Crippen MR) is 96.4 cm³/mol. The van der Waals surface area contributed by atoms with Crippen molar-refractivity contribution in [3.05, 3.63) is 52.3 Å². The van der Waals surface area contributed by atoms with Gasteiger partial charge in [-0.1, -0.05) is 6.07 Å². The molecule has 136 valence electrons. The van der Waals surface area contributed by atoms with Crippen LogP contribution in [0.1, 0.15) is 15.9 Å². The number of amides is 1. The number of fused-ring (bicyclic) bond motifs is 1. The van der Waals surface area contributed by atoms with Crippen LogP contribution in [-0.2, 0) is 16.0 Å². The summed E-state index contributed by atoms with van der Waals surface area (Å²) in [6.45, 7) is 1.17. The molecule has 0 saturated carbocycles. The van der Waals surface area contributed by atoms with Crippen LogP contribution in [0.4, 0.5) is 0 Å². The predicted octanol–water partition coefficient (Wildman–Crippen LogP) is 2.13. The number of nitrogens with zero attached hydrogens (tertiary/aromatic N) is 1. The number of esters is 1. The van der Waals surface area contributed by atoms with Gasteiger partial charge in [-0.25, -0.2) is 4.79 Å². The quantitative estimate of drug-likeness (QED) is 0.720. The molecule has 1 aromatic carbocycles. The Hall–Kier alpha value is -2.61. The number of halogens is 1. The van der Waals surface area contributed by atoms with Gasteiger partial charge in [0.2, 0.25) is 0 Å². The van der Waals surface area contributed by atoms with Crippen molar-refractivity contribution in [2.45, 2.75) is 6.42 Å². The molecule has 26 heavy (non-hydrogen) atoms. The van der Waals surface area contributed by atoms with E-state index in [1.165, 1.54) is 6.20 Å². The van der Waals surface area contributed by atoms with Crippen LogP contribution >= 0.6 is 15.9 Å². The van der Waals surface area contributed by atoms with Gasteiger partial charge in [0.05, 0.1) is 5.56 Å². The molecule has 1 aliphatic rings. The monoisotopic (exact) mass is 420 g/mol.